The third-order valence-electron chi connectivity index (χ3n) is 13.9. The minimum atomic E-state index is -0.354. The van der Waals surface area contributed by atoms with E-state index in [1.807, 2.05) is 0 Å². The van der Waals surface area contributed by atoms with Crippen LogP contribution in [-0.2, 0) is 6.42 Å². The van der Waals surface area contributed by atoms with Crippen molar-refractivity contribution in [2.75, 3.05) is 0 Å². The van der Waals surface area contributed by atoms with Crippen molar-refractivity contribution in [2.45, 2.75) is 31.5 Å². The van der Waals surface area contributed by atoms with E-state index in [0.717, 1.165) is 80.4 Å². The first-order valence-corrected chi connectivity index (χ1v) is 22.7. The molecule has 0 spiro atoms. The first-order chi connectivity index (χ1) is 32.2. The van der Waals surface area contributed by atoms with E-state index in [9.17, 15) is 0 Å². The zero-order valence-corrected chi connectivity index (χ0v) is 35.4. The maximum Gasteiger partial charge on any atom is 0.159 e. The summed E-state index contributed by atoms with van der Waals surface area (Å²) in [5, 5.41) is 13.2. The van der Waals surface area contributed by atoms with Gasteiger partial charge in [-0.2, -0.15) is 0 Å². The van der Waals surface area contributed by atoms with E-state index in [0.29, 0.717) is 5.84 Å². The molecule has 3 aromatic heterocycles. The van der Waals surface area contributed by atoms with E-state index in [2.05, 4.69) is 209 Å². The lowest BCUT2D eigenvalue weighted by Gasteiger charge is -2.24. The van der Waals surface area contributed by atoms with E-state index in [-0.39, 0.29) is 12.2 Å². The topological polar surface area (TPSA) is 59.8 Å². The largest absolute Gasteiger partial charge is 0.454 e. The van der Waals surface area contributed by atoms with E-state index in [1.54, 1.807) is 0 Å². The van der Waals surface area contributed by atoms with Crippen molar-refractivity contribution >= 4 is 94.1 Å². The van der Waals surface area contributed by atoms with Crippen LogP contribution < -0.4 is 5.32 Å². The maximum absolute atomic E-state index is 7.06. The Balaban J connectivity index is 0.972. The summed E-state index contributed by atoms with van der Waals surface area (Å²) < 4.78 is 12.0. The lowest BCUT2D eigenvalue weighted by atomic mass is 9.95. The summed E-state index contributed by atoms with van der Waals surface area (Å²) in [6, 6.07) is 57.3. The van der Waals surface area contributed by atoms with Crippen LogP contribution in [0.25, 0.3) is 88.1 Å². The van der Waals surface area contributed by atoms with Crippen LogP contribution in [0.2, 0.25) is 0 Å². The third-order valence-corrected chi connectivity index (χ3v) is 13.9. The zero-order valence-electron chi connectivity index (χ0n) is 35.4. The van der Waals surface area contributed by atoms with Crippen molar-refractivity contribution in [1.29, 1.82) is 0 Å². The van der Waals surface area contributed by atoms with Gasteiger partial charge >= 0.3 is 0 Å². The van der Waals surface area contributed by atoms with Gasteiger partial charge in [-0.1, -0.05) is 146 Å². The average Bonchev–Trinajstić information content (AvgIpc) is 4.03. The van der Waals surface area contributed by atoms with Crippen molar-refractivity contribution in [1.82, 2.24) is 14.5 Å². The van der Waals surface area contributed by atoms with Crippen LogP contribution in [0.1, 0.15) is 52.9 Å². The molecule has 2 unspecified atom stereocenters. The highest BCUT2D eigenvalue weighted by Gasteiger charge is 2.27. The Labute approximate surface area is 374 Å². The number of para-hydroxylation sites is 3. The minimum Gasteiger partial charge on any atom is -0.454 e. The van der Waals surface area contributed by atoms with Gasteiger partial charge in [0.15, 0.2) is 11.4 Å². The highest BCUT2D eigenvalue weighted by molar-refractivity contribution is 6.23. The number of aryl methyl sites for hydroxylation is 1. The fraction of sp³-hybridized carbons (Fsp3) is 0.0847. The Kier molecular flexibility index (Phi) is 7.90. The number of rotatable bonds is 5. The molecule has 11 aromatic rings. The van der Waals surface area contributed by atoms with Gasteiger partial charge in [-0.15, -0.1) is 0 Å². The number of hydrogen-bond donors (Lipinski definition) is 1. The van der Waals surface area contributed by atoms with Crippen molar-refractivity contribution in [3.05, 3.63) is 216 Å². The number of hydrogen-bond acceptors (Lipinski definition) is 4. The lowest BCUT2D eigenvalue weighted by Crippen LogP contribution is -2.33. The van der Waals surface area contributed by atoms with Crippen LogP contribution in [0, 0.1) is 0 Å². The Hall–Kier alpha value is -8.22. The Bertz CT molecular complexity index is 3980. The Morgan fingerprint density at radius 3 is 2.34 bits per heavy atom. The number of amidine groups is 2. The fourth-order valence-electron chi connectivity index (χ4n) is 10.9. The number of allylic oxidation sites excluding steroid dienone is 5. The van der Waals surface area contributed by atoms with Gasteiger partial charge < -0.3 is 18.9 Å². The summed E-state index contributed by atoms with van der Waals surface area (Å²) in [6.45, 7) is 0. The lowest BCUT2D eigenvalue weighted by molar-refractivity contribution is 0.648. The number of fused-ring (bicyclic) bond motifs is 11. The summed E-state index contributed by atoms with van der Waals surface area (Å²) in [4.78, 5) is 10.7. The summed E-state index contributed by atoms with van der Waals surface area (Å²) in [6.07, 6.45) is 16.1. The van der Waals surface area contributed by atoms with Gasteiger partial charge in [0.2, 0.25) is 0 Å². The summed E-state index contributed by atoms with van der Waals surface area (Å²) in [5.41, 5.74) is 13.1. The summed E-state index contributed by atoms with van der Waals surface area (Å²) in [5.74, 6) is 1.48. The number of aliphatic imine (C=N–C) groups is 2. The molecule has 0 fully saturated rings. The monoisotopic (exact) mass is 835 g/mol. The normalized spacial score (nSPS) is 17.2. The van der Waals surface area contributed by atoms with E-state index in [1.165, 1.54) is 54.5 Å². The SMILES string of the molecule is C1=CCC(n2c3ccccc3c3cc4c5ccccc5n(-c5cccc6c5oc5cccc(C7=NC(c8ccc9c(c8)CCC=C9)=NC(c8ccc9ccccc9c8)N7)c56)c4cc32)C=C1. The second kappa shape index (κ2) is 14.1. The first kappa shape index (κ1) is 36.3. The molecule has 2 atom stereocenters. The highest BCUT2D eigenvalue weighted by atomic mass is 16.3. The molecular weight excluding hydrogens is 795 g/mol. The van der Waals surface area contributed by atoms with Crippen LogP contribution in [0.5, 0.6) is 0 Å². The van der Waals surface area contributed by atoms with Gasteiger partial charge in [-0.25, -0.2) is 9.98 Å². The van der Waals surface area contributed by atoms with Gasteiger partial charge in [0.1, 0.15) is 17.6 Å². The molecule has 0 bridgehead atoms. The van der Waals surface area contributed by atoms with Crippen molar-refractivity contribution < 1.29 is 4.42 Å². The predicted octanol–water partition coefficient (Wildman–Crippen LogP) is 14.5. The molecule has 6 nitrogen and oxygen atoms in total. The van der Waals surface area contributed by atoms with Crippen LogP contribution in [0.3, 0.4) is 0 Å². The minimum absolute atomic E-state index is 0.224. The predicted molar refractivity (Wildman–Crippen MR) is 270 cm³/mol. The molecule has 308 valence electrons. The van der Waals surface area contributed by atoms with Crippen molar-refractivity contribution in [3.8, 4) is 5.69 Å². The standard InChI is InChI=1S/C59H41N5O/c1-2-18-42(19-3-1)63-49-24-10-8-20-43(49)47-34-48-44-21-9-11-25-50(44)64(53(48)35-52(47)63)51-26-12-22-45-55-46(23-13-27-54(55)65-56(45)51)59-61-57(40-30-28-36-14-4-6-16-38(36)32-40)60-58(62-59)41-31-29-37-15-5-7-17-39(37)33-41/h1-6,8-16,18,20-35,42,57H,7,17,19H2,(H,60,61,62). The zero-order chi connectivity index (χ0) is 42.6. The second-order valence-electron chi connectivity index (χ2n) is 17.6. The maximum atomic E-state index is 7.06. The van der Waals surface area contributed by atoms with Gasteiger partial charge in [-0.05, 0) is 95.3 Å². The van der Waals surface area contributed by atoms with Gasteiger partial charge in [-0.3, -0.25) is 0 Å². The first-order valence-electron chi connectivity index (χ1n) is 22.7. The number of benzene rings is 8. The number of furan rings is 1. The van der Waals surface area contributed by atoms with Gasteiger partial charge in [0.05, 0.1) is 28.3 Å². The molecule has 0 saturated heterocycles. The van der Waals surface area contributed by atoms with E-state index in [4.69, 9.17) is 14.4 Å². The molecule has 2 aliphatic carbocycles. The summed E-state index contributed by atoms with van der Waals surface area (Å²) in [7, 11) is 0. The average molecular weight is 836 g/mol. The molecule has 3 aliphatic rings. The quantitative estimate of drug-likeness (QED) is 0.188. The fourth-order valence-corrected chi connectivity index (χ4v) is 10.9. The number of nitrogens with zero attached hydrogens (tertiary/aromatic N) is 4. The molecule has 1 N–H and O–H groups in total. The molecule has 0 radical (unpaired) electrons. The van der Waals surface area contributed by atoms with Gasteiger partial charge in [0.25, 0.3) is 0 Å². The van der Waals surface area contributed by atoms with Crippen LogP contribution in [0.15, 0.2) is 203 Å². The molecule has 0 amide bonds. The molecule has 4 heterocycles. The van der Waals surface area contributed by atoms with Crippen LogP contribution >= 0.6 is 0 Å². The summed E-state index contributed by atoms with van der Waals surface area (Å²) >= 11 is 0. The number of nitrogens with one attached hydrogen (secondary N) is 1. The Morgan fingerprint density at radius 1 is 0.615 bits per heavy atom. The van der Waals surface area contributed by atoms with Gasteiger partial charge in [0, 0.05) is 49.0 Å². The van der Waals surface area contributed by atoms with Crippen molar-refractivity contribution in [2.24, 2.45) is 9.98 Å². The van der Waals surface area contributed by atoms with E-state index >= 15 is 0 Å². The Morgan fingerprint density at radius 2 is 1.43 bits per heavy atom. The van der Waals surface area contributed by atoms with Crippen molar-refractivity contribution in [3.63, 3.8) is 0 Å². The molecular formula is C59H41N5O. The molecule has 65 heavy (non-hydrogen) atoms. The van der Waals surface area contributed by atoms with Crippen LogP contribution in [0.4, 0.5) is 0 Å². The smallest absolute Gasteiger partial charge is 0.159 e. The molecule has 1 aliphatic heterocycles. The number of aromatic nitrogens is 2. The molecule has 8 aromatic carbocycles. The molecule has 6 heteroatoms. The second-order valence-corrected chi connectivity index (χ2v) is 17.6. The van der Waals surface area contributed by atoms with Crippen LogP contribution in [-0.4, -0.2) is 20.8 Å². The third kappa shape index (κ3) is 5.60. The van der Waals surface area contributed by atoms with E-state index < -0.39 is 0 Å². The molecule has 14 rings (SSSR count). The highest BCUT2D eigenvalue weighted by Crippen LogP contribution is 2.43. The molecule has 0 saturated carbocycles.